The third kappa shape index (κ3) is 6.38. The second-order valence-electron chi connectivity index (χ2n) is 7.18. The van der Waals surface area contributed by atoms with E-state index in [0.29, 0.717) is 47.2 Å². The summed E-state index contributed by atoms with van der Waals surface area (Å²) >= 11 is 6.32. The lowest BCUT2D eigenvalue weighted by atomic mass is 10.1. The van der Waals surface area contributed by atoms with Gasteiger partial charge >= 0.3 is 12.1 Å². The Morgan fingerprint density at radius 1 is 1.18 bits per heavy atom. The maximum Gasteiger partial charge on any atom is 0.416 e. The van der Waals surface area contributed by atoms with Gasteiger partial charge in [0.2, 0.25) is 0 Å². The highest BCUT2D eigenvalue weighted by molar-refractivity contribution is 8.26. The minimum atomic E-state index is -4.62. The molecule has 1 N–H and O–H groups in total. The number of thiocarbonyl (C=S) groups is 1. The van der Waals surface area contributed by atoms with Gasteiger partial charge in [0.15, 0.2) is 0 Å². The highest BCUT2D eigenvalue weighted by Crippen LogP contribution is 2.35. The smallest absolute Gasteiger partial charge is 0.416 e. The Morgan fingerprint density at radius 3 is 2.64 bits per heavy atom. The van der Waals surface area contributed by atoms with Crippen LogP contribution in [0.25, 0.3) is 17.3 Å². The van der Waals surface area contributed by atoms with Crippen LogP contribution in [0, 0.1) is 5.82 Å². The normalized spacial score (nSPS) is 15.5. The molecule has 1 amide bonds. The zero-order chi connectivity index (χ0) is 24.2. The first kappa shape index (κ1) is 24.8. The number of amides is 1. The first-order chi connectivity index (χ1) is 15.6. The lowest BCUT2D eigenvalue weighted by Gasteiger charge is -2.13. The van der Waals surface area contributed by atoms with E-state index in [9.17, 15) is 27.2 Å². The Kier molecular flexibility index (Phi) is 7.85. The molecule has 2 heterocycles. The van der Waals surface area contributed by atoms with Crippen molar-refractivity contribution < 1.29 is 32.3 Å². The van der Waals surface area contributed by atoms with Gasteiger partial charge in [-0.25, -0.2) is 9.37 Å². The van der Waals surface area contributed by atoms with Gasteiger partial charge in [0.1, 0.15) is 10.1 Å². The second kappa shape index (κ2) is 10.4. The Balaban J connectivity index is 1.76. The number of hydrogen-bond donors (Lipinski definition) is 1. The van der Waals surface area contributed by atoms with E-state index in [1.807, 2.05) is 0 Å². The number of nitrogens with zero attached hydrogens (tertiary/aromatic N) is 2. The van der Waals surface area contributed by atoms with Crippen LogP contribution in [0.2, 0.25) is 0 Å². The van der Waals surface area contributed by atoms with Gasteiger partial charge in [-0.05, 0) is 49.2 Å². The van der Waals surface area contributed by atoms with Crippen LogP contribution in [-0.2, 0) is 15.8 Å². The van der Waals surface area contributed by atoms with Crippen molar-refractivity contribution in [2.45, 2.75) is 31.9 Å². The first-order valence-corrected chi connectivity index (χ1v) is 11.1. The van der Waals surface area contributed by atoms with Crippen LogP contribution in [-0.4, -0.2) is 37.7 Å². The van der Waals surface area contributed by atoms with Gasteiger partial charge in [0.05, 0.1) is 21.9 Å². The fraction of sp³-hybridized carbons (Fsp3) is 0.273. The van der Waals surface area contributed by atoms with Crippen LogP contribution in [0.3, 0.4) is 0 Å². The Labute approximate surface area is 196 Å². The van der Waals surface area contributed by atoms with Crippen molar-refractivity contribution in [3.8, 4) is 11.3 Å². The molecule has 0 unspecified atom stereocenters. The molecule has 3 rings (SSSR count). The Morgan fingerprint density at radius 2 is 1.94 bits per heavy atom. The molecule has 174 valence electrons. The maximum atomic E-state index is 14.2. The zero-order valence-electron chi connectivity index (χ0n) is 17.1. The number of rotatable bonds is 8. The van der Waals surface area contributed by atoms with E-state index in [1.54, 1.807) is 6.07 Å². The lowest BCUT2D eigenvalue weighted by Crippen LogP contribution is -2.29. The molecule has 0 atom stereocenters. The topological polar surface area (TPSA) is 70.5 Å². The summed E-state index contributed by atoms with van der Waals surface area (Å²) in [6, 6.07) is 6.55. The van der Waals surface area contributed by atoms with E-state index >= 15 is 0 Å². The number of alkyl halides is 3. The monoisotopic (exact) mass is 498 g/mol. The number of aliphatic carboxylic acids is 1. The molecule has 2 aromatic rings. The van der Waals surface area contributed by atoms with E-state index in [-0.39, 0.29) is 29.3 Å². The Hall–Kier alpha value is -2.79. The number of carboxylic acid groups (broad SMARTS) is 1. The fourth-order valence-corrected chi connectivity index (χ4v) is 4.42. The zero-order valence-corrected chi connectivity index (χ0v) is 18.7. The van der Waals surface area contributed by atoms with E-state index in [1.165, 1.54) is 23.1 Å². The molecule has 0 spiro atoms. The predicted molar refractivity (Wildman–Crippen MR) is 121 cm³/mol. The van der Waals surface area contributed by atoms with Crippen molar-refractivity contribution in [2.24, 2.45) is 0 Å². The number of benzene rings is 1. The Bertz CT molecular complexity index is 1120. The molecule has 5 nitrogen and oxygen atoms in total. The van der Waals surface area contributed by atoms with Crippen LogP contribution in [0.5, 0.6) is 0 Å². The third-order valence-corrected chi connectivity index (χ3v) is 6.14. The summed E-state index contributed by atoms with van der Waals surface area (Å²) in [5.41, 5.74) is -1.02. The molecule has 33 heavy (non-hydrogen) atoms. The molecule has 1 fully saturated rings. The summed E-state index contributed by atoms with van der Waals surface area (Å²) in [4.78, 5) is 29.2. The van der Waals surface area contributed by atoms with Crippen LogP contribution >= 0.6 is 24.0 Å². The fourth-order valence-electron chi connectivity index (χ4n) is 3.13. The van der Waals surface area contributed by atoms with Crippen LogP contribution in [0.1, 0.15) is 36.9 Å². The summed E-state index contributed by atoms with van der Waals surface area (Å²) in [6.07, 6.45) is -1.37. The van der Waals surface area contributed by atoms with Crippen molar-refractivity contribution in [3.63, 3.8) is 0 Å². The van der Waals surface area contributed by atoms with Gasteiger partial charge in [-0.15, -0.1) is 0 Å². The summed E-state index contributed by atoms with van der Waals surface area (Å²) in [5.74, 6) is -2.05. The van der Waals surface area contributed by atoms with E-state index in [2.05, 4.69) is 4.98 Å². The quantitative estimate of drug-likeness (QED) is 0.216. The summed E-state index contributed by atoms with van der Waals surface area (Å²) in [6.45, 7) is 0.352. The maximum absolute atomic E-state index is 14.2. The summed E-state index contributed by atoms with van der Waals surface area (Å²) in [5, 5.41) is 8.67. The summed E-state index contributed by atoms with van der Waals surface area (Å²) in [7, 11) is 0. The van der Waals surface area contributed by atoms with Crippen LogP contribution in [0.4, 0.5) is 17.6 Å². The molecule has 0 bridgehead atoms. The standard InChI is InChI=1S/C22H18F4N2O3S2/c23-16-9-8-13(22(24,25)26)11-15(16)17-6-4-5-14(27-17)12-18-20(31)28(21(32)33-18)10-3-1-2-7-19(29)30/h4-6,8-9,11-12H,1-3,7,10H2,(H,29,30)/b18-12-. The van der Waals surface area contributed by atoms with Crippen LogP contribution in [0.15, 0.2) is 41.3 Å². The molecule has 11 heteroatoms. The molecule has 0 radical (unpaired) electrons. The van der Waals surface area contributed by atoms with Gasteiger partial charge in [0, 0.05) is 18.5 Å². The highest BCUT2D eigenvalue weighted by atomic mass is 32.2. The van der Waals surface area contributed by atoms with Crippen molar-refractivity contribution >= 4 is 46.3 Å². The van der Waals surface area contributed by atoms with Crippen molar-refractivity contribution in [2.75, 3.05) is 6.54 Å². The summed E-state index contributed by atoms with van der Waals surface area (Å²) < 4.78 is 53.6. The first-order valence-electron chi connectivity index (χ1n) is 9.87. The largest absolute Gasteiger partial charge is 0.481 e. The number of carbonyl (C=O) groups excluding carboxylic acids is 1. The number of carboxylic acids is 1. The van der Waals surface area contributed by atoms with Gasteiger partial charge < -0.3 is 5.11 Å². The molecule has 1 aliphatic heterocycles. The van der Waals surface area contributed by atoms with Crippen molar-refractivity contribution in [1.29, 1.82) is 0 Å². The predicted octanol–water partition coefficient (Wildman–Crippen LogP) is 5.75. The van der Waals surface area contributed by atoms with Gasteiger partial charge in [-0.3, -0.25) is 14.5 Å². The van der Waals surface area contributed by atoms with E-state index in [4.69, 9.17) is 17.3 Å². The SMILES string of the molecule is O=C(O)CCCCCN1C(=O)/C(=C/c2cccc(-c3cc(C(F)(F)F)ccc3F)n2)SC1=S. The third-order valence-electron chi connectivity index (χ3n) is 4.77. The molecule has 1 aliphatic rings. The molecule has 1 aromatic carbocycles. The van der Waals surface area contributed by atoms with Gasteiger partial charge in [-0.1, -0.05) is 36.5 Å². The number of unbranched alkanes of at least 4 members (excludes halogenated alkanes) is 2. The lowest BCUT2D eigenvalue weighted by molar-refractivity contribution is -0.138. The van der Waals surface area contributed by atoms with E-state index < -0.39 is 23.5 Å². The molecule has 1 saturated heterocycles. The van der Waals surface area contributed by atoms with E-state index in [0.717, 1.165) is 17.8 Å². The number of halogens is 4. The number of aromatic nitrogens is 1. The average Bonchev–Trinajstić information content (AvgIpc) is 3.00. The minimum Gasteiger partial charge on any atom is -0.481 e. The highest BCUT2D eigenvalue weighted by Gasteiger charge is 2.32. The number of pyridine rings is 1. The molecule has 0 aliphatic carbocycles. The molecule has 1 aromatic heterocycles. The molecular weight excluding hydrogens is 480 g/mol. The minimum absolute atomic E-state index is 0.00117. The average molecular weight is 499 g/mol. The van der Waals surface area contributed by atoms with Gasteiger partial charge in [0.25, 0.3) is 5.91 Å². The second-order valence-corrected chi connectivity index (χ2v) is 8.85. The van der Waals surface area contributed by atoms with Crippen LogP contribution < -0.4 is 0 Å². The van der Waals surface area contributed by atoms with Crippen molar-refractivity contribution in [1.82, 2.24) is 9.88 Å². The van der Waals surface area contributed by atoms with Gasteiger partial charge in [-0.2, -0.15) is 13.2 Å². The molecule has 0 saturated carbocycles. The molecular formula is C22H18F4N2O3S2. The number of thioether (sulfide) groups is 1. The van der Waals surface area contributed by atoms with Crippen molar-refractivity contribution in [3.05, 3.63) is 58.4 Å². The number of carbonyl (C=O) groups is 2. The number of hydrogen-bond acceptors (Lipinski definition) is 5.